The second-order valence-electron chi connectivity index (χ2n) is 3.46. The van der Waals surface area contributed by atoms with Crippen molar-refractivity contribution in [1.29, 1.82) is 0 Å². The molecule has 0 aliphatic heterocycles. The molecule has 1 aromatic carbocycles. The predicted octanol–water partition coefficient (Wildman–Crippen LogP) is 3.18. The Morgan fingerprint density at radius 2 is 2.31 bits per heavy atom. The van der Waals surface area contributed by atoms with E-state index in [9.17, 15) is 4.39 Å². The van der Waals surface area contributed by atoms with Gasteiger partial charge in [-0.3, -0.25) is 0 Å². The van der Waals surface area contributed by atoms with Gasteiger partial charge in [-0.2, -0.15) is 0 Å². The number of nitrogens with two attached hydrogens (primary N) is 1. The summed E-state index contributed by atoms with van der Waals surface area (Å²) in [5, 5.41) is 2.42. The lowest BCUT2D eigenvalue weighted by Gasteiger charge is -2.10. The lowest BCUT2D eigenvalue weighted by Crippen LogP contribution is -2.14. The van der Waals surface area contributed by atoms with Gasteiger partial charge in [0.2, 0.25) is 0 Å². The molecular weight excluding hydrogens is 247 g/mol. The molecule has 0 radical (unpaired) electrons. The van der Waals surface area contributed by atoms with E-state index in [1.807, 2.05) is 5.38 Å². The van der Waals surface area contributed by atoms with E-state index < -0.39 is 0 Å². The largest absolute Gasteiger partial charge is 0.322 e. The fraction of sp³-hybridized carbons (Fsp3) is 0.182. The highest BCUT2D eigenvalue weighted by Crippen LogP contribution is 2.22. The highest BCUT2D eigenvalue weighted by Gasteiger charge is 2.11. The Kier molecular flexibility index (Phi) is 3.53. The van der Waals surface area contributed by atoms with E-state index in [0.29, 0.717) is 17.0 Å². The number of rotatable bonds is 3. The van der Waals surface area contributed by atoms with Gasteiger partial charge < -0.3 is 5.73 Å². The van der Waals surface area contributed by atoms with E-state index in [1.54, 1.807) is 11.6 Å². The summed E-state index contributed by atoms with van der Waals surface area (Å²) in [5.41, 5.74) is 9.20. The van der Waals surface area contributed by atoms with Gasteiger partial charge in [0, 0.05) is 10.4 Å². The van der Waals surface area contributed by atoms with Crippen LogP contribution in [0.4, 0.5) is 4.39 Å². The third-order valence-electron chi connectivity index (χ3n) is 2.28. The Morgan fingerprint density at radius 3 is 3.00 bits per heavy atom. The molecule has 2 rings (SSSR count). The normalized spacial score (nSPS) is 12.7. The summed E-state index contributed by atoms with van der Waals surface area (Å²) in [4.78, 5) is 4.12. The molecule has 0 spiro atoms. The zero-order chi connectivity index (χ0) is 11.5. The van der Waals surface area contributed by atoms with Crippen molar-refractivity contribution < 1.29 is 4.39 Å². The summed E-state index contributed by atoms with van der Waals surface area (Å²) in [5.74, 6) is -0.301. The minimum absolute atomic E-state index is 0.245. The van der Waals surface area contributed by atoms with Crippen molar-refractivity contribution >= 4 is 22.9 Å². The summed E-state index contributed by atoms with van der Waals surface area (Å²) in [7, 11) is 0. The van der Waals surface area contributed by atoms with Crippen LogP contribution in [0.25, 0.3) is 0 Å². The van der Waals surface area contributed by atoms with E-state index in [4.69, 9.17) is 17.3 Å². The maximum atomic E-state index is 13.0. The van der Waals surface area contributed by atoms with Gasteiger partial charge in [0.15, 0.2) is 0 Å². The minimum atomic E-state index is -0.301. The van der Waals surface area contributed by atoms with E-state index in [-0.39, 0.29) is 11.9 Å². The highest BCUT2D eigenvalue weighted by atomic mass is 35.5. The molecule has 2 nitrogen and oxygen atoms in total. The van der Waals surface area contributed by atoms with Crippen molar-refractivity contribution in [1.82, 2.24) is 4.98 Å². The van der Waals surface area contributed by atoms with Crippen LogP contribution in [0.3, 0.4) is 0 Å². The quantitative estimate of drug-likeness (QED) is 0.916. The second-order valence-corrected chi connectivity index (χ2v) is 4.59. The molecular formula is C11H10ClFN2S. The number of nitrogens with zero attached hydrogens (tertiary/aromatic N) is 1. The molecule has 2 aromatic rings. The molecule has 0 aliphatic rings. The van der Waals surface area contributed by atoms with Crippen LogP contribution in [0.2, 0.25) is 5.02 Å². The summed E-state index contributed by atoms with van der Waals surface area (Å²) < 4.78 is 13.0. The van der Waals surface area contributed by atoms with Crippen LogP contribution >= 0.6 is 22.9 Å². The molecule has 2 N–H and O–H groups in total. The zero-order valence-corrected chi connectivity index (χ0v) is 9.93. The van der Waals surface area contributed by atoms with Crippen molar-refractivity contribution in [3.63, 3.8) is 0 Å². The molecule has 16 heavy (non-hydrogen) atoms. The summed E-state index contributed by atoms with van der Waals surface area (Å²) in [6, 6.07) is 4.04. The van der Waals surface area contributed by atoms with E-state index in [1.165, 1.54) is 23.5 Å². The fourth-order valence-electron chi connectivity index (χ4n) is 1.45. The van der Waals surface area contributed by atoms with Crippen molar-refractivity contribution in [2.24, 2.45) is 5.73 Å². The minimum Gasteiger partial charge on any atom is -0.322 e. The standard InChI is InChI=1S/C11H10ClFN2S/c12-9-2-1-8(13)3-7(9)4-10(14)11-5-16-6-15-11/h1-3,5-6,10H,4,14H2. The molecule has 0 saturated heterocycles. The molecule has 0 fully saturated rings. The Hall–Kier alpha value is -0.970. The SMILES string of the molecule is NC(Cc1cc(F)ccc1Cl)c1cscn1. The first-order valence-electron chi connectivity index (χ1n) is 4.74. The molecule has 1 unspecified atom stereocenters. The van der Waals surface area contributed by atoms with Crippen LogP contribution in [0.5, 0.6) is 0 Å². The van der Waals surface area contributed by atoms with Gasteiger partial charge in [0.1, 0.15) is 5.82 Å². The van der Waals surface area contributed by atoms with Crippen LogP contribution in [0.15, 0.2) is 29.1 Å². The van der Waals surface area contributed by atoms with Crippen LogP contribution < -0.4 is 5.73 Å². The monoisotopic (exact) mass is 256 g/mol. The van der Waals surface area contributed by atoms with E-state index >= 15 is 0 Å². The van der Waals surface area contributed by atoms with Crippen LogP contribution in [-0.4, -0.2) is 4.98 Å². The van der Waals surface area contributed by atoms with Gasteiger partial charge in [-0.05, 0) is 30.2 Å². The molecule has 1 heterocycles. The number of halogens is 2. The first-order valence-corrected chi connectivity index (χ1v) is 6.06. The summed E-state index contributed by atoms with van der Waals surface area (Å²) in [6.07, 6.45) is 0.486. The van der Waals surface area contributed by atoms with Crippen molar-refractivity contribution in [3.8, 4) is 0 Å². The molecule has 0 aliphatic carbocycles. The predicted molar refractivity (Wildman–Crippen MR) is 64.2 cm³/mol. The second kappa shape index (κ2) is 4.91. The lowest BCUT2D eigenvalue weighted by molar-refractivity contribution is 0.621. The van der Waals surface area contributed by atoms with Gasteiger partial charge in [0.25, 0.3) is 0 Å². The van der Waals surface area contributed by atoms with Crippen molar-refractivity contribution in [2.75, 3.05) is 0 Å². The maximum Gasteiger partial charge on any atom is 0.123 e. The fourth-order valence-corrected chi connectivity index (χ4v) is 2.26. The third-order valence-corrected chi connectivity index (χ3v) is 3.25. The van der Waals surface area contributed by atoms with Gasteiger partial charge in [-0.25, -0.2) is 9.37 Å². The molecule has 1 atom stereocenters. The van der Waals surface area contributed by atoms with Crippen molar-refractivity contribution in [2.45, 2.75) is 12.5 Å². The van der Waals surface area contributed by atoms with Crippen LogP contribution in [0, 0.1) is 5.82 Å². The van der Waals surface area contributed by atoms with Crippen molar-refractivity contribution in [3.05, 3.63) is 51.2 Å². The summed E-state index contributed by atoms with van der Waals surface area (Å²) >= 11 is 7.45. The van der Waals surface area contributed by atoms with Gasteiger partial charge in [0.05, 0.1) is 17.2 Å². The van der Waals surface area contributed by atoms with Gasteiger partial charge >= 0.3 is 0 Å². The summed E-state index contributed by atoms with van der Waals surface area (Å²) in [6.45, 7) is 0. The Morgan fingerprint density at radius 1 is 1.50 bits per heavy atom. The number of thiazole rings is 1. The molecule has 1 aromatic heterocycles. The smallest absolute Gasteiger partial charge is 0.123 e. The molecule has 5 heteroatoms. The van der Waals surface area contributed by atoms with Gasteiger partial charge in [-0.1, -0.05) is 11.6 Å². The number of benzene rings is 1. The average molecular weight is 257 g/mol. The molecule has 0 amide bonds. The number of hydrogen-bond donors (Lipinski definition) is 1. The van der Waals surface area contributed by atoms with Gasteiger partial charge in [-0.15, -0.1) is 11.3 Å². The van der Waals surface area contributed by atoms with E-state index in [2.05, 4.69) is 4.98 Å². The third kappa shape index (κ3) is 2.58. The Bertz CT molecular complexity index is 473. The van der Waals surface area contributed by atoms with E-state index in [0.717, 1.165) is 5.69 Å². The number of hydrogen-bond acceptors (Lipinski definition) is 3. The Balaban J connectivity index is 2.17. The first kappa shape index (κ1) is 11.5. The topological polar surface area (TPSA) is 38.9 Å². The van der Waals surface area contributed by atoms with Crippen LogP contribution in [0.1, 0.15) is 17.3 Å². The highest BCUT2D eigenvalue weighted by molar-refractivity contribution is 7.07. The molecule has 0 saturated carbocycles. The lowest BCUT2D eigenvalue weighted by atomic mass is 10.0. The number of aromatic nitrogens is 1. The zero-order valence-electron chi connectivity index (χ0n) is 8.36. The molecule has 0 bridgehead atoms. The maximum absolute atomic E-state index is 13.0. The first-order chi connectivity index (χ1) is 7.66. The average Bonchev–Trinajstić information content (AvgIpc) is 2.76. The Labute approximate surface area is 102 Å². The van der Waals surface area contributed by atoms with Crippen LogP contribution in [-0.2, 0) is 6.42 Å². The molecule has 84 valence electrons.